The highest BCUT2D eigenvalue weighted by Crippen LogP contribution is 1.76. The monoisotopic (exact) mass is 274 g/mol. The van der Waals surface area contributed by atoms with Crippen LogP contribution in [0.4, 0.5) is 0 Å². The number of carbonyl (C=O) groups is 3. The Bertz CT molecular complexity index is 329. The molecule has 0 saturated heterocycles. The van der Waals surface area contributed by atoms with E-state index in [-0.39, 0.29) is 12.5 Å². The van der Waals surface area contributed by atoms with E-state index >= 15 is 0 Å². The van der Waals surface area contributed by atoms with E-state index in [4.69, 9.17) is 15.3 Å². The highest BCUT2D eigenvalue weighted by atomic mass is 16.4. The van der Waals surface area contributed by atoms with Crippen molar-refractivity contribution >= 4 is 17.8 Å². The van der Waals surface area contributed by atoms with E-state index in [9.17, 15) is 14.4 Å². The minimum Gasteiger partial charge on any atom is -0.478 e. The maximum absolute atomic E-state index is 10.4. The van der Waals surface area contributed by atoms with Gasteiger partial charge in [-0.05, 0) is 18.6 Å². The van der Waals surface area contributed by atoms with Crippen molar-refractivity contribution in [1.29, 1.82) is 0 Å². The molecule has 19 heavy (non-hydrogen) atoms. The lowest BCUT2D eigenvalue weighted by Gasteiger charge is -2.03. The second-order valence-electron chi connectivity index (χ2n) is 3.03. The van der Waals surface area contributed by atoms with Crippen LogP contribution >= 0.6 is 0 Å². The van der Waals surface area contributed by atoms with Gasteiger partial charge in [0.2, 0.25) is 18.0 Å². The highest BCUT2D eigenvalue weighted by Gasteiger charge is 2.13. The van der Waals surface area contributed by atoms with Crippen molar-refractivity contribution < 1.29 is 29.7 Å². The number of aliphatic hydroxyl groups excluding tert-OH is 2. The Kier molecular flexibility index (Phi) is 12.4. The Morgan fingerprint density at radius 2 is 1.68 bits per heavy atom. The molecule has 0 spiro atoms. The van der Waals surface area contributed by atoms with Crippen LogP contribution in [0.25, 0.3) is 0 Å². The lowest BCUT2D eigenvalue weighted by molar-refractivity contribution is -0.150. The van der Waals surface area contributed by atoms with Gasteiger partial charge in [0.05, 0.1) is 0 Å². The standard InChI is InChI=1S/C6H11NO2.C5H7NO4/c1-2-6(9)7-4-3-5-8;1-2-3(7)6-4(8)5(9)10/h2,8H,1,3-5H2,(H,7,9);2,4,8H,1H2,(H,6,7)(H,9,10). The SMILES string of the molecule is C=CC(=O)NC(O)C(=O)O.C=CC(=O)NCCCO. The maximum Gasteiger partial charge on any atom is 0.353 e. The number of rotatable bonds is 7. The molecule has 1 atom stereocenters. The van der Waals surface area contributed by atoms with Crippen molar-refractivity contribution in [2.45, 2.75) is 12.6 Å². The van der Waals surface area contributed by atoms with Crippen molar-refractivity contribution in [3.8, 4) is 0 Å². The van der Waals surface area contributed by atoms with Crippen LogP contribution in [0.15, 0.2) is 25.3 Å². The van der Waals surface area contributed by atoms with E-state index < -0.39 is 18.1 Å². The molecule has 108 valence electrons. The minimum absolute atomic E-state index is 0.109. The second kappa shape index (κ2) is 12.3. The Hall–Kier alpha value is -2.19. The van der Waals surface area contributed by atoms with Crippen LogP contribution in [0.2, 0.25) is 0 Å². The topological polar surface area (TPSA) is 136 Å². The molecule has 8 nitrogen and oxygen atoms in total. The second-order valence-corrected chi connectivity index (χ2v) is 3.03. The summed E-state index contributed by atoms with van der Waals surface area (Å²) in [6, 6.07) is 0. The van der Waals surface area contributed by atoms with Gasteiger partial charge in [0.15, 0.2) is 0 Å². The van der Waals surface area contributed by atoms with Gasteiger partial charge in [0.1, 0.15) is 0 Å². The first-order valence-corrected chi connectivity index (χ1v) is 5.24. The average molecular weight is 274 g/mol. The van der Waals surface area contributed by atoms with Crippen molar-refractivity contribution in [3.63, 3.8) is 0 Å². The zero-order valence-electron chi connectivity index (χ0n) is 10.3. The van der Waals surface area contributed by atoms with Crippen LogP contribution in [-0.2, 0) is 14.4 Å². The highest BCUT2D eigenvalue weighted by molar-refractivity contribution is 5.90. The molecule has 0 aromatic heterocycles. The fraction of sp³-hybridized carbons (Fsp3) is 0.364. The summed E-state index contributed by atoms with van der Waals surface area (Å²) < 4.78 is 0. The Balaban J connectivity index is 0. The number of aliphatic hydroxyl groups is 2. The first kappa shape index (κ1) is 19.2. The first-order valence-electron chi connectivity index (χ1n) is 5.24. The lowest BCUT2D eigenvalue weighted by atomic mass is 10.4. The molecule has 0 rings (SSSR count). The molecule has 0 fully saturated rings. The molecule has 0 aliphatic rings. The van der Waals surface area contributed by atoms with Gasteiger partial charge in [-0.25, -0.2) is 4.79 Å². The molecular formula is C11H18N2O6. The van der Waals surface area contributed by atoms with Crippen molar-refractivity contribution in [2.24, 2.45) is 0 Å². The van der Waals surface area contributed by atoms with Gasteiger partial charge < -0.3 is 26.0 Å². The zero-order chi connectivity index (χ0) is 15.3. The van der Waals surface area contributed by atoms with Crippen molar-refractivity contribution in [1.82, 2.24) is 10.6 Å². The van der Waals surface area contributed by atoms with E-state index in [0.29, 0.717) is 13.0 Å². The average Bonchev–Trinajstić information content (AvgIpc) is 2.39. The summed E-state index contributed by atoms with van der Waals surface area (Å²) in [7, 11) is 0. The number of hydrogen-bond acceptors (Lipinski definition) is 5. The molecule has 1 unspecified atom stereocenters. The molecule has 2 amide bonds. The Morgan fingerprint density at radius 3 is 2.05 bits per heavy atom. The fourth-order valence-electron chi connectivity index (χ4n) is 0.618. The van der Waals surface area contributed by atoms with Gasteiger partial charge >= 0.3 is 5.97 Å². The van der Waals surface area contributed by atoms with E-state index in [2.05, 4.69) is 18.5 Å². The maximum atomic E-state index is 10.4. The largest absolute Gasteiger partial charge is 0.478 e. The third-order valence-corrected chi connectivity index (χ3v) is 1.52. The number of carbonyl (C=O) groups excluding carboxylic acids is 2. The van der Waals surface area contributed by atoms with Gasteiger partial charge in [-0.15, -0.1) is 0 Å². The quantitative estimate of drug-likeness (QED) is 0.215. The summed E-state index contributed by atoms with van der Waals surface area (Å²) in [5, 5.41) is 29.0. The van der Waals surface area contributed by atoms with E-state index in [1.54, 1.807) is 5.32 Å². The van der Waals surface area contributed by atoms with Gasteiger partial charge in [-0.1, -0.05) is 13.2 Å². The minimum atomic E-state index is -1.86. The lowest BCUT2D eigenvalue weighted by Crippen LogP contribution is -2.39. The molecule has 0 saturated carbocycles. The normalized spacial score (nSPS) is 10.2. The molecule has 0 heterocycles. The molecule has 0 radical (unpaired) electrons. The van der Waals surface area contributed by atoms with Crippen LogP contribution in [0, 0.1) is 0 Å². The number of hydrogen-bond donors (Lipinski definition) is 5. The molecular weight excluding hydrogens is 256 g/mol. The van der Waals surface area contributed by atoms with Crippen LogP contribution < -0.4 is 10.6 Å². The van der Waals surface area contributed by atoms with Crippen LogP contribution in [-0.4, -0.2) is 52.5 Å². The zero-order valence-corrected chi connectivity index (χ0v) is 10.3. The third kappa shape index (κ3) is 13.7. The molecule has 0 aromatic rings. The number of nitrogens with one attached hydrogen (secondary N) is 2. The van der Waals surface area contributed by atoms with E-state index in [0.717, 1.165) is 6.08 Å². The number of carboxylic acid groups (broad SMARTS) is 1. The van der Waals surface area contributed by atoms with Crippen LogP contribution in [0.1, 0.15) is 6.42 Å². The van der Waals surface area contributed by atoms with Gasteiger partial charge in [-0.3, -0.25) is 9.59 Å². The number of amides is 2. The smallest absolute Gasteiger partial charge is 0.353 e. The predicted octanol–water partition coefficient (Wildman–Crippen LogP) is -1.64. The first-order chi connectivity index (χ1) is 8.88. The van der Waals surface area contributed by atoms with Gasteiger partial charge in [0.25, 0.3) is 0 Å². The Labute approximate surface area is 110 Å². The predicted molar refractivity (Wildman–Crippen MR) is 66.9 cm³/mol. The van der Waals surface area contributed by atoms with Gasteiger partial charge in [-0.2, -0.15) is 0 Å². The summed E-state index contributed by atoms with van der Waals surface area (Å²) in [5.74, 6) is -2.42. The summed E-state index contributed by atoms with van der Waals surface area (Å²) in [6.45, 7) is 6.95. The summed E-state index contributed by atoms with van der Waals surface area (Å²) in [4.78, 5) is 30.5. The number of aliphatic carboxylic acids is 1. The summed E-state index contributed by atoms with van der Waals surface area (Å²) in [5.41, 5.74) is 0. The van der Waals surface area contributed by atoms with E-state index in [1.807, 2.05) is 0 Å². The molecule has 0 aliphatic heterocycles. The van der Waals surface area contributed by atoms with Crippen LogP contribution in [0.3, 0.4) is 0 Å². The van der Waals surface area contributed by atoms with Gasteiger partial charge in [0, 0.05) is 13.2 Å². The summed E-state index contributed by atoms with van der Waals surface area (Å²) >= 11 is 0. The molecule has 8 heteroatoms. The Morgan fingerprint density at radius 1 is 1.16 bits per heavy atom. The molecule has 0 bridgehead atoms. The third-order valence-electron chi connectivity index (χ3n) is 1.52. The van der Waals surface area contributed by atoms with Crippen molar-refractivity contribution in [3.05, 3.63) is 25.3 Å². The molecule has 5 N–H and O–H groups in total. The van der Waals surface area contributed by atoms with E-state index in [1.165, 1.54) is 6.08 Å². The van der Waals surface area contributed by atoms with Crippen molar-refractivity contribution in [2.75, 3.05) is 13.2 Å². The number of carboxylic acids is 1. The van der Waals surface area contributed by atoms with Crippen LogP contribution in [0.5, 0.6) is 0 Å². The molecule has 0 aromatic carbocycles. The molecule has 0 aliphatic carbocycles. The summed E-state index contributed by atoms with van der Waals surface area (Å²) in [6.07, 6.45) is 0.814. The fourth-order valence-corrected chi connectivity index (χ4v) is 0.618.